The van der Waals surface area contributed by atoms with Crippen molar-refractivity contribution in [1.29, 1.82) is 0 Å². The number of hydrogen-bond acceptors (Lipinski definition) is 2. The number of nitrogens with zero attached hydrogens (tertiary/aromatic N) is 1. The lowest BCUT2D eigenvalue weighted by Crippen LogP contribution is -2.22. The van der Waals surface area contributed by atoms with Crippen molar-refractivity contribution in [1.82, 2.24) is 0 Å². The van der Waals surface area contributed by atoms with Gasteiger partial charge in [0.05, 0.1) is 0 Å². The van der Waals surface area contributed by atoms with Crippen molar-refractivity contribution in [3.05, 3.63) is 29.8 Å². The average molecular weight is 202 g/mol. The van der Waals surface area contributed by atoms with Crippen LogP contribution in [0.25, 0.3) is 0 Å². The maximum absolute atomic E-state index is 5.60. The molecule has 0 aliphatic heterocycles. The van der Waals surface area contributed by atoms with Gasteiger partial charge in [-0.2, -0.15) is 0 Å². The van der Waals surface area contributed by atoms with Gasteiger partial charge in [0.2, 0.25) is 0 Å². The SMILES string of the molecule is C#CCN=C(N)Nc1cccc(CN)c1. The molecule has 78 valence electrons. The fourth-order valence-corrected chi connectivity index (χ4v) is 1.09. The Morgan fingerprint density at radius 3 is 3.00 bits per heavy atom. The minimum absolute atomic E-state index is 0.273. The summed E-state index contributed by atoms with van der Waals surface area (Å²) in [4.78, 5) is 3.91. The Kier molecular flexibility index (Phi) is 4.20. The molecule has 15 heavy (non-hydrogen) atoms. The van der Waals surface area contributed by atoms with E-state index in [1.54, 1.807) is 0 Å². The molecule has 0 aliphatic carbocycles. The van der Waals surface area contributed by atoms with Crippen LogP contribution in [0.1, 0.15) is 5.56 Å². The molecule has 0 aromatic heterocycles. The second-order valence-electron chi connectivity index (χ2n) is 2.94. The first-order chi connectivity index (χ1) is 7.26. The number of nitrogens with one attached hydrogen (secondary N) is 1. The standard InChI is InChI=1S/C11H14N4/c1-2-6-14-11(13)15-10-5-3-4-9(7-10)8-12/h1,3-5,7H,6,8,12H2,(H3,13,14,15). The fraction of sp³-hybridized carbons (Fsp3) is 0.182. The van der Waals surface area contributed by atoms with Crippen molar-refractivity contribution in [3.63, 3.8) is 0 Å². The van der Waals surface area contributed by atoms with E-state index in [1.165, 1.54) is 0 Å². The number of aliphatic imine (C=N–C) groups is 1. The molecule has 4 heteroatoms. The van der Waals surface area contributed by atoms with Crippen LogP contribution in [0.4, 0.5) is 5.69 Å². The molecule has 0 heterocycles. The third-order valence-electron chi connectivity index (χ3n) is 1.78. The van der Waals surface area contributed by atoms with Gasteiger partial charge in [0.1, 0.15) is 6.54 Å². The highest BCUT2D eigenvalue weighted by Gasteiger charge is 1.95. The van der Waals surface area contributed by atoms with Crippen LogP contribution in [0.2, 0.25) is 0 Å². The van der Waals surface area contributed by atoms with Crippen LogP contribution in [0.15, 0.2) is 29.3 Å². The number of benzene rings is 1. The molecule has 0 aliphatic rings. The zero-order chi connectivity index (χ0) is 11.1. The van der Waals surface area contributed by atoms with E-state index in [4.69, 9.17) is 17.9 Å². The molecule has 1 rings (SSSR count). The minimum atomic E-state index is 0.273. The largest absolute Gasteiger partial charge is 0.370 e. The van der Waals surface area contributed by atoms with Gasteiger partial charge in [-0.3, -0.25) is 0 Å². The van der Waals surface area contributed by atoms with Crippen LogP contribution in [0, 0.1) is 12.3 Å². The van der Waals surface area contributed by atoms with E-state index in [1.807, 2.05) is 24.3 Å². The lowest BCUT2D eigenvalue weighted by atomic mass is 10.2. The van der Waals surface area contributed by atoms with E-state index in [0.717, 1.165) is 11.3 Å². The number of nitrogens with two attached hydrogens (primary N) is 2. The smallest absolute Gasteiger partial charge is 0.194 e. The Bertz CT molecular complexity index is 390. The van der Waals surface area contributed by atoms with Crippen molar-refractivity contribution in [2.75, 3.05) is 11.9 Å². The maximum Gasteiger partial charge on any atom is 0.194 e. The van der Waals surface area contributed by atoms with Gasteiger partial charge in [-0.15, -0.1) is 6.42 Å². The Hall–Kier alpha value is -1.99. The highest BCUT2D eigenvalue weighted by molar-refractivity contribution is 5.92. The van der Waals surface area contributed by atoms with E-state index >= 15 is 0 Å². The normalized spacial score (nSPS) is 10.8. The number of terminal acetylenes is 1. The summed E-state index contributed by atoms with van der Waals surface area (Å²) in [5.74, 6) is 2.69. The first kappa shape index (κ1) is 11.1. The van der Waals surface area contributed by atoms with E-state index < -0.39 is 0 Å². The molecule has 0 spiro atoms. The van der Waals surface area contributed by atoms with Gasteiger partial charge in [-0.1, -0.05) is 18.1 Å². The Morgan fingerprint density at radius 2 is 2.33 bits per heavy atom. The summed E-state index contributed by atoms with van der Waals surface area (Å²) in [6, 6.07) is 7.65. The lowest BCUT2D eigenvalue weighted by Gasteiger charge is -2.06. The molecular weight excluding hydrogens is 188 g/mol. The van der Waals surface area contributed by atoms with Crippen molar-refractivity contribution in [2.45, 2.75) is 6.54 Å². The van der Waals surface area contributed by atoms with Crippen LogP contribution in [0.5, 0.6) is 0 Å². The van der Waals surface area contributed by atoms with Crippen LogP contribution < -0.4 is 16.8 Å². The predicted molar refractivity (Wildman–Crippen MR) is 63.3 cm³/mol. The first-order valence-electron chi connectivity index (χ1n) is 4.55. The molecule has 5 N–H and O–H groups in total. The van der Waals surface area contributed by atoms with Crippen LogP contribution >= 0.6 is 0 Å². The van der Waals surface area contributed by atoms with Crippen LogP contribution in [-0.2, 0) is 6.54 Å². The van der Waals surface area contributed by atoms with E-state index in [2.05, 4.69) is 16.2 Å². The van der Waals surface area contributed by atoms with Gasteiger partial charge < -0.3 is 16.8 Å². The van der Waals surface area contributed by atoms with Gasteiger partial charge in [0.25, 0.3) is 0 Å². The fourth-order valence-electron chi connectivity index (χ4n) is 1.09. The third-order valence-corrected chi connectivity index (χ3v) is 1.78. The summed E-state index contributed by atoms with van der Waals surface area (Å²) in [6.45, 7) is 0.770. The molecule has 0 fully saturated rings. The molecule has 0 atom stereocenters. The molecule has 0 saturated carbocycles. The van der Waals surface area contributed by atoms with Crippen molar-refractivity contribution < 1.29 is 0 Å². The number of rotatable bonds is 3. The van der Waals surface area contributed by atoms with Crippen LogP contribution in [-0.4, -0.2) is 12.5 Å². The minimum Gasteiger partial charge on any atom is -0.370 e. The summed E-state index contributed by atoms with van der Waals surface area (Å²) in [7, 11) is 0. The molecule has 0 radical (unpaired) electrons. The van der Waals surface area contributed by atoms with Crippen molar-refractivity contribution >= 4 is 11.6 Å². The van der Waals surface area contributed by atoms with E-state index in [-0.39, 0.29) is 6.54 Å². The van der Waals surface area contributed by atoms with Gasteiger partial charge in [0, 0.05) is 12.2 Å². The molecule has 0 unspecified atom stereocenters. The summed E-state index contributed by atoms with van der Waals surface area (Å²) in [5.41, 5.74) is 13.0. The highest BCUT2D eigenvalue weighted by atomic mass is 15.1. The molecular formula is C11H14N4. The Labute approximate surface area is 89.4 Å². The second-order valence-corrected chi connectivity index (χ2v) is 2.94. The van der Waals surface area contributed by atoms with Crippen molar-refractivity contribution in [2.24, 2.45) is 16.5 Å². The van der Waals surface area contributed by atoms with E-state index in [9.17, 15) is 0 Å². The number of anilines is 1. The maximum atomic E-state index is 5.60. The predicted octanol–water partition coefficient (Wildman–Crippen LogP) is 0.505. The molecule has 1 aromatic rings. The first-order valence-corrected chi connectivity index (χ1v) is 4.55. The molecule has 4 nitrogen and oxygen atoms in total. The molecule has 1 aromatic carbocycles. The number of guanidine groups is 1. The summed E-state index contributed by atoms with van der Waals surface area (Å²) in [6.07, 6.45) is 5.06. The topological polar surface area (TPSA) is 76.4 Å². The van der Waals surface area contributed by atoms with E-state index in [0.29, 0.717) is 12.5 Å². The Morgan fingerprint density at radius 1 is 1.53 bits per heavy atom. The van der Waals surface area contributed by atoms with Gasteiger partial charge in [-0.25, -0.2) is 4.99 Å². The molecule has 0 bridgehead atoms. The average Bonchev–Trinajstić information content (AvgIpc) is 2.26. The third kappa shape index (κ3) is 3.71. The highest BCUT2D eigenvalue weighted by Crippen LogP contribution is 2.09. The van der Waals surface area contributed by atoms with Gasteiger partial charge >= 0.3 is 0 Å². The zero-order valence-electron chi connectivity index (χ0n) is 8.40. The van der Waals surface area contributed by atoms with Gasteiger partial charge in [0.15, 0.2) is 5.96 Å². The zero-order valence-corrected chi connectivity index (χ0v) is 8.40. The van der Waals surface area contributed by atoms with Gasteiger partial charge in [-0.05, 0) is 17.7 Å². The lowest BCUT2D eigenvalue weighted by molar-refractivity contribution is 1.07. The Balaban J connectivity index is 2.68. The summed E-state index contributed by atoms with van der Waals surface area (Å²) >= 11 is 0. The monoisotopic (exact) mass is 202 g/mol. The van der Waals surface area contributed by atoms with Crippen LogP contribution in [0.3, 0.4) is 0 Å². The summed E-state index contributed by atoms with van der Waals surface area (Å²) < 4.78 is 0. The number of hydrogen-bond donors (Lipinski definition) is 3. The molecule has 0 saturated heterocycles. The van der Waals surface area contributed by atoms with Crippen molar-refractivity contribution in [3.8, 4) is 12.3 Å². The molecule has 0 amide bonds. The second kappa shape index (κ2) is 5.68. The summed E-state index contributed by atoms with van der Waals surface area (Å²) in [5, 5.41) is 2.93. The quantitative estimate of drug-likeness (QED) is 0.379.